The normalized spacial score (nSPS) is 12.4. The Morgan fingerprint density at radius 1 is 1.08 bits per heavy atom. The van der Waals surface area contributed by atoms with Gasteiger partial charge in [-0.1, -0.05) is 36.4 Å². The zero-order valence-corrected chi connectivity index (χ0v) is 14.6. The lowest BCUT2D eigenvalue weighted by molar-refractivity contribution is -0.496. The predicted octanol–water partition coefficient (Wildman–Crippen LogP) is 2.57. The van der Waals surface area contributed by atoms with Crippen LogP contribution in [-0.4, -0.2) is 47.2 Å². The highest BCUT2D eigenvalue weighted by molar-refractivity contribution is 6.07. The monoisotopic (exact) mass is 337 g/mol. The van der Waals surface area contributed by atoms with Crippen molar-refractivity contribution in [2.75, 3.05) is 32.1 Å². The molecule has 0 bridgehead atoms. The van der Waals surface area contributed by atoms with Gasteiger partial charge in [0.1, 0.15) is 6.54 Å². The van der Waals surface area contributed by atoms with E-state index in [9.17, 15) is 0 Å². The number of anilines is 1. The second-order valence-electron chi connectivity index (χ2n) is 6.19. The van der Waals surface area contributed by atoms with Crippen LogP contribution in [-0.2, 0) is 0 Å². The first-order valence-electron chi connectivity index (χ1n) is 8.65. The van der Waals surface area contributed by atoms with E-state index in [1.807, 2.05) is 48.0 Å². The van der Waals surface area contributed by atoms with Crippen LogP contribution in [0.5, 0.6) is 0 Å². The fourth-order valence-electron chi connectivity index (χ4n) is 2.97. The summed E-state index contributed by atoms with van der Waals surface area (Å²) in [6.45, 7) is 1.73. The van der Waals surface area contributed by atoms with Gasteiger partial charge in [0.05, 0.1) is 36.7 Å². The van der Waals surface area contributed by atoms with Crippen LogP contribution in [0.4, 0.5) is 5.69 Å². The van der Waals surface area contributed by atoms with Crippen LogP contribution in [0.3, 0.4) is 0 Å². The Bertz CT molecular complexity index is 850. The van der Waals surface area contributed by atoms with E-state index in [1.165, 1.54) is 0 Å². The Hall–Kier alpha value is -2.66. The molecule has 0 amide bonds. The van der Waals surface area contributed by atoms with Gasteiger partial charge < -0.3 is 10.4 Å². The number of nitrogens with zero attached hydrogens (tertiary/aromatic N) is 2. The van der Waals surface area contributed by atoms with E-state index in [0.29, 0.717) is 12.8 Å². The second kappa shape index (κ2) is 7.94. The topological polar surface area (TPSA) is 74.2 Å². The van der Waals surface area contributed by atoms with E-state index < -0.39 is 0 Å². The van der Waals surface area contributed by atoms with Gasteiger partial charge in [-0.25, -0.2) is 4.98 Å². The summed E-state index contributed by atoms with van der Waals surface area (Å²) in [5, 5.41) is 14.7. The van der Waals surface area contributed by atoms with Crippen molar-refractivity contribution in [1.82, 2.24) is 4.98 Å². The van der Waals surface area contributed by atoms with Gasteiger partial charge in [0.25, 0.3) is 0 Å². The summed E-state index contributed by atoms with van der Waals surface area (Å²) in [5.41, 5.74) is 9.16. The van der Waals surface area contributed by atoms with Gasteiger partial charge >= 0.3 is 0 Å². The minimum absolute atomic E-state index is 0.168. The highest BCUT2D eigenvalue weighted by atomic mass is 16.2. The summed E-state index contributed by atoms with van der Waals surface area (Å²) in [6, 6.07) is 16.4. The first-order chi connectivity index (χ1) is 12.2. The van der Waals surface area contributed by atoms with Crippen molar-refractivity contribution >= 4 is 33.3 Å². The largest absolute Gasteiger partial charge is 0.396 e. The van der Waals surface area contributed by atoms with Crippen molar-refractivity contribution in [3.63, 3.8) is 0 Å². The number of nitrogens with two attached hydrogens (primary N) is 1. The third-order valence-electron chi connectivity index (χ3n) is 4.42. The van der Waals surface area contributed by atoms with Gasteiger partial charge in [0.15, 0.2) is 0 Å². The number of aromatic nitrogens is 1. The molecule has 0 unspecified atom stereocenters. The third-order valence-corrected chi connectivity index (χ3v) is 4.42. The molecule has 130 valence electrons. The molecule has 3 aromatic rings. The second-order valence-corrected chi connectivity index (χ2v) is 6.19. The quantitative estimate of drug-likeness (QED) is 0.268. The number of rotatable bonds is 7. The molecule has 5 heteroatoms. The molecule has 4 N–H and O–H groups in total. The Kier molecular flexibility index (Phi) is 5.46. The molecule has 0 radical (unpaired) electrons. The molecule has 1 aromatic heterocycles. The number of aliphatic hydroxyl groups excluding tert-OH is 1. The fraction of sp³-hybridized carbons (Fsp3) is 0.300. The van der Waals surface area contributed by atoms with E-state index >= 15 is 0 Å². The standard InChI is InChI=1S/C20H24N4O/c1-24(19(21)11-6-14-25)13-12-22-20-15-7-2-4-9-17(15)23-18-10-5-3-8-16(18)20/h2-5,7-10,21,25H,6,11-14H2,1H3,(H,22,23)/p+1. The van der Waals surface area contributed by atoms with Crippen LogP contribution < -0.4 is 11.1 Å². The fourth-order valence-corrected chi connectivity index (χ4v) is 2.97. The van der Waals surface area contributed by atoms with Gasteiger partial charge in [0.2, 0.25) is 5.84 Å². The Morgan fingerprint density at radius 3 is 2.28 bits per heavy atom. The molecule has 3 rings (SSSR count). The van der Waals surface area contributed by atoms with Crippen molar-refractivity contribution < 1.29 is 9.68 Å². The minimum Gasteiger partial charge on any atom is -0.396 e. The van der Waals surface area contributed by atoms with Crippen LogP contribution in [0.1, 0.15) is 12.8 Å². The first kappa shape index (κ1) is 17.2. The van der Waals surface area contributed by atoms with Gasteiger partial charge in [-0.15, -0.1) is 0 Å². The summed E-state index contributed by atoms with van der Waals surface area (Å²) >= 11 is 0. The summed E-state index contributed by atoms with van der Waals surface area (Å²) in [4.78, 5) is 4.75. The summed E-state index contributed by atoms with van der Waals surface area (Å²) in [6.07, 6.45) is 1.41. The number of pyridine rings is 1. The number of likely N-dealkylation sites (N-methyl/N-ethyl adjacent to an activating group) is 1. The lowest BCUT2D eigenvalue weighted by atomic mass is 10.1. The SMILES string of the molecule is C[N+](CCNc1c2ccccc2nc2ccccc12)=C(N)CCCO. The molecule has 0 saturated carbocycles. The van der Waals surface area contributed by atoms with Gasteiger partial charge in [-0.2, -0.15) is 0 Å². The van der Waals surface area contributed by atoms with E-state index in [-0.39, 0.29) is 6.61 Å². The zero-order chi connectivity index (χ0) is 17.6. The van der Waals surface area contributed by atoms with E-state index in [0.717, 1.165) is 46.4 Å². The summed E-state index contributed by atoms with van der Waals surface area (Å²) in [5.74, 6) is 0.806. The molecule has 0 aliphatic carbocycles. The number of aliphatic hydroxyl groups is 1. The average Bonchev–Trinajstić information content (AvgIpc) is 2.65. The third kappa shape index (κ3) is 3.88. The van der Waals surface area contributed by atoms with Crippen molar-refractivity contribution in [1.29, 1.82) is 0 Å². The number of nitrogens with one attached hydrogen (secondary N) is 1. The Morgan fingerprint density at radius 2 is 1.68 bits per heavy atom. The lowest BCUT2D eigenvalue weighted by Gasteiger charge is -2.13. The molecular weight excluding hydrogens is 312 g/mol. The molecule has 0 atom stereocenters. The maximum absolute atomic E-state index is 8.92. The smallest absolute Gasteiger partial charge is 0.242 e. The van der Waals surface area contributed by atoms with Crippen molar-refractivity contribution in [2.45, 2.75) is 12.8 Å². The Balaban J connectivity index is 1.85. The minimum atomic E-state index is 0.168. The molecule has 0 fully saturated rings. The number of hydrogen-bond donors (Lipinski definition) is 3. The molecule has 1 heterocycles. The van der Waals surface area contributed by atoms with Crippen molar-refractivity contribution in [2.24, 2.45) is 5.73 Å². The first-order valence-corrected chi connectivity index (χ1v) is 8.65. The van der Waals surface area contributed by atoms with Crippen LogP contribution in [0.2, 0.25) is 0 Å². The van der Waals surface area contributed by atoms with Crippen molar-refractivity contribution in [3.05, 3.63) is 48.5 Å². The number of fused-ring (bicyclic) bond motifs is 2. The zero-order valence-electron chi connectivity index (χ0n) is 14.6. The lowest BCUT2D eigenvalue weighted by Crippen LogP contribution is -2.29. The maximum atomic E-state index is 8.92. The van der Waals surface area contributed by atoms with Crippen LogP contribution >= 0.6 is 0 Å². The highest BCUT2D eigenvalue weighted by Gasteiger charge is 2.09. The molecule has 0 saturated heterocycles. The summed E-state index contributed by atoms with van der Waals surface area (Å²) in [7, 11) is 1.98. The Labute approximate surface area is 147 Å². The van der Waals surface area contributed by atoms with E-state index in [4.69, 9.17) is 15.8 Å². The van der Waals surface area contributed by atoms with Crippen molar-refractivity contribution in [3.8, 4) is 0 Å². The summed E-state index contributed by atoms with van der Waals surface area (Å²) < 4.78 is 2.04. The number of amidine groups is 1. The predicted molar refractivity (Wildman–Crippen MR) is 104 cm³/mol. The molecular formula is C20H25N4O+. The molecule has 0 aliphatic rings. The number of benzene rings is 2. The van der Waals surface area contributed by atoms with Crippen LogP contribution in [0, 0.1) is 0 Å². The maximum Gasteiger partial charge on any atom is 0.242 e. The van der Waals surface area contributed by atoms with Crippen LogP contribution in [0.25, 0.3) is 21.8 Å². The molecule has 25 heavy (non-hydrogen) atoms. The molecule has 0 aliphatic heterocycles. The highest BCUT2D eigenvalue weighted by Crippen LogP contribution is 2.30. The van der Waals surface area contributed by atoms with Gasteiger partial charge in [-0.05, 0) is 18.6 Å². The van der Waals surface area contributed by atoms with Gasteiger partial charge in [0, 0.05) is 17.4 Å². The van der Waals surface area contributed by atoms with Gasteiger partial charge in [-0.3, -0.25) is 10.3 Å². The van der Waals surface area contributed by atoms with E-state index in [1.54, 1.807) is 0 Å². The number of hydrogen-bond acceptors (Lipinski definition) is 3. The molecule has 2 aromatic carbocycles. The molecule has 5 nitrogen and oxygen atoms in total. The molecule has 0 spiro atoms. The van der Waals surface area contributed by atoms with Crippen LogP contribution in [0.15, 0.2) is 48.5 Å². The van der Waals surface area contributed by atoms with E-state index in [2.05, 4.69) is 17.4 Å². The number of para-hydroxylation sites is 2. The average molecular weight is 337 g/mol.